The Morgan fingerprint density at radius 1 is 0.391 bits per heavy atom. The van der Waals surface area contributed by atoms with E-state index in [0.29, 0.717) is 22.8 Å². The van der Waals surface area contributed by atoms with Crippen molar-refractivity contribution in [2.75, 3.05) is 0 Å². The van der Waals surface area contributed by atoms with E-state index in [1.54, 1.807) is 0 Å². The Kier molecular flexibility index (Phi) is 8.81. The number of hydrogen-bond donors (Lipinski definition) is 0. The number of para-hydroxylation sites is 2. The van der Waals surface area contributed by atoms with Gasteiger partial charge in [-0.05, 0) is 46.5 Å². The lowest BCUT2D eigenvalue weighted by atomic mass is 9.88. The minimum Gasteiger partial charge on any atom is -0.455 e. The van der Waals surface area contributed by atoms with Gasteiger partial charge in [0.1, 0.15) is 22.8 Å². The molecule has 0 amide bonds. The lowest BCUT2D eigenvalue weighted by molar-refractivity contribution is 0.674. The maximum atomic E-state index is 10.9. The summed E-state index contributed by atoms with van der Waals surface area (Å²) < 4.78 is 9.42. The van der Waals surface area contributed by atoms with Crippen LogP contribution in [0.5, 0.6) is 0 Å². The van der Waals surface area contributed by atoms with E-state index in [9.17, 15) is 5.26 Å². The zero-order valence-electron chi connectivity index (χ0n) is 34.5. The van der Waals surface area contributed by atoms with Crippen molar-refractivity contribution >= 4 is 43.7 Å². The molecule has 5 nitrogen and oxygen atoms in total. The monoisotopic (exact) mass is 816 g/mol. The molecular formula is C59H36N4O. The molecule has 0 saturated carbocycles. The molecule has 12 rings (SSSR count). The molecular weight excluding hydrogens is 781 g/mol. The van der Waals surface area contributed by atoms with Crippen LogP contribution in [0.1, 0.15) is 5.56 Å². The summed E-state index contributed by atoms with van der Waals surface area (Å²) in [6, 6.07) is 77.7. The summed E-state index contributed by atoms with van der Waals surface area (Å²) in [5, 5.41) is 15.2. The van der Waals surface area contributed by atoms with Crippen LogP contribution in [-0.2, 0) is 0 Å². The molecule has 64 heavy (non-hydrogen) atoms. The molecule has 0 saturated heterocycles. The highest BCUT2D eigenvalue weighted by atomic mass is 16.3. The van der Waals surface area contributed by atoms with Crippen molar-refractivity contribution in [1.82, 2.24) is 14.5 Å². The zero-order valence-corrected chi connectivity index (χ0v) is 34.5. The summed E-state index contributed by atoms with van der Waals surface area (Å²) >= 11 is 0. The van der Waals surface area contributed by atoms with Crippen molar-refractivity contribution in [2.24, 2.45) is 0 Å². The highest BCUT2D eigenvalue weighted by molar-refractivity contribution is 6.25. The first-order valence-electron chi connectivity index (χ1n) is 21.4. The van der Waals surface area contributed by atoms with E-state index in [1.165, 1.54) is 0 Å². The lowest BCUT2D eigenvalue weighted by Crippen LogP contribution is -2.06. The SMILES string of the molecule is N#Cc1c(-c2ccccc2)nc(-c2c(-n3c4ccccc4c4c5oc6c(-c7ccccc7)cccc6c5ccc43)ccc(-c3ccccc3)c2-c2ccccc2)nc1-c1ccccc1. The van der Waals surface area contributed by atoms with Gasteiger partial charge in [0.2, 0.25) is 0 Å². The molecule has 0 atom stereocenters. The van der Waals surface area contributed by atoms with Crippen LogP contribution in [0.2, 0.25) is 0 Å². The van der Waals surface area contributed by atoms with Crippen LogP contribution >= 0.6 is 0 Å². The third-order valence-corrected chi connectivity index (χ3v) is 12.3. The molecule has 0 unspecified atom stereocenters. The minimum atomic E-state index is 0.419. The Bertz CT molecular complexity index is 3700. The van der Waals surface area contributed by atoms with Crippen LogP contribution in [0.25, 0.3) is 117 Å². The summed E-state index contributed by atoms with van der Waals surface area (Å²) in [5.41, 5.74) is 14.9. The Labute approximate surface area is 369 Å². The number of rotatable bonds is 7. The number of benzene rings is 9. The van der Waals surface area contributed by atoms with E-state index in [2.05, 4.69) is 150 Å². The van der Waals surface area contributed by atoms with Gasteiger partial charge >= 0.3 is 0 Å². The average Bonchev–Trinajstić information content (AvgIpc) is 3.93. The highest BCUT2D eigenvalue weighted by Crippen LogP contribution is 2.48. The second kappa shape index (κ2) is 15.3. The largest absolute Gasteiger partial charge is 0.455 e. The van der Waals surface area contributed by atoms with E-state index in [4.69, 9.17) is 14.4 Å². The molecule has 3 aromatic heterocycles. The van der Waals surface area contributed by atoms with Gasteiger partial charge < -0.3 is 8.98 Å². The van der Waals surface area contributed by atoms with Crippen LogP contribution in [0, 0.1) is 11.3 Å². The molecule has 5 heteroatoms. The number of furan rings is 1. The molecule has 0 aliphatic rings. The van der Waals surface area contributed by atoms with Crippen molar-refractivity contribution in [3.8, 4) is 79.0 Å². The third-order valence-electron chi connectivity index (χ3n) is 12.3. The van der Waals surface area contributed by atoms with Gasteiger partial charge in [-0.25, -0.2) is 9.97 Å². The van der Waals surface area contributed by atoms with Crippen molar-refractivity contribution in [2.45, 2.75) is 0 Å². The summed E-state index contributed by atoms with van der Waals surface area (Å²) in [4.78, 5) is 10.9. The first-order valence-corrected chi connectivity index (χ1v) is 21.4. The van der Waals surface area contributed by atoms with E-state index >= 15 is 0 Å². The van der Waals surface area contributed by atoms with Crippen molar-refractivity contribution in [1.29, 1.82) is 5.26 Å². The van der Waals surface area contributed by atoms with E-state index in [1.807, 2.05) is 78.9 Å². The topological polar surface area (TPSA) is 67.6 Å². The second-order valence-corrected chi connectivity index (χ2v) is 15.9. The van der Waals surface area contributed by atoms with Crippen molar-refractivity contribution < 1.29 is 4.42 Å². The Morgan fingerprint density at radius 3 is 1.52 bits per heavy atom. The van der Waals surface area contributed by atoms with Crippen LogP contribution in [0.15, 0.2) is 223 Å². The molecule has 0 radical (unpaired) electrons. The normalized spacial score (nSPS) is 11.4. The standard InChI is InChI=1S/C59H36N4O/c60-37-48-55(41-25-12-4-13-26-41)61-59(62-56(48)42-27-14-5-15-28-42)54-51(35-33-43(38-19-6-1-7-20-38)52(54)40-23-10-3-11-24-40)63-49-32-17-16-29-47(49)53-50(63)36-34-46-45-31-18-30-44(57(45)64-58(46)53)39-21-8-2-9-22-39/h1-36H. The predicted molar refractivity (Wildman–Crippen MR) is 261 cm³/mol. The molecule has 12 aromatic rings. The van der Waals surface area contributed by atoms with E-state index in [-0.39, 0.29) is 0 Å². The average molecular weight is 817 g/mol. The number of fused-ring (bicyclic) bond motifs is 7. The molecule has 0 N–H and O–H groups in total. The molecule has 9 aromatic carbocycles. The van der Waals surface area contributed by atoms with Crippen LogP contribution < -0.4 is 0 Å². The number of aromatic nitrogens is 3. The van der Waals surface area contributed by atoms with Gasteiger partial charge in [-0.3, -0.25) is 0 Å². The predicted octanol–water partition coefficient (Wildman–Crippen LogP) is 15.3. The molecule has 0 fully saturated rings. The number of hydrogen-bond acceptors (Lipinski definition) is 4. The van der Waals surface area contributed by atoms with Crippen molar-refractivity contribution in [3.63, 3.8) is 0 Å². The van der Waals surface area contributed by atoms with Gasteiger partial charge in [-0.2, -0.15) is 5.26 Å². The lowest BCUT2D eigenvalue weighted by Gasteiger charge is -2.22. The Balaban J connectivity index is 1.24. The van der Waals surface area contributed by atoms with Gasteiger partial charge in [-0.15, -0.1) is 0 Å². The maximum Gasteiger partial charge on any atom is 0.163 e. The number of nitrogens with zero attached hydrogens (tertiary/aromatic N) is 4. The van der Waals surface area contributed by atoms with Crippen molar-refractivity contribution in [3.05, 3.63) is 224 Å². The minimum absolute atomic E-state index is 0.419. The molecule has 0 aliphatic carbocycles. The molecule has 0 aliphatic heterocycles. The highest BCUT2D eigenvalue weighted by Gasteiger charge is 2.28. The van der Waals surface area contributed by atoms with Gasteiger partial charge in [0.15, 0.2) is 5.82 Å². The molecule has 3 heterocycles. The summed E-state index contributed by atoms with van der Waals surface area (Å²) in [6.45, 7) is 0. The van der Waals surface area contributed by atoms with Gasteiger partial charge in [0.25, 0.3) is 0 Å². The fourth-order valence-corrected chi connectivity index (χ4v) is 9.47. The molecule has 298 valence electrons. The van der Waals surface area contributed by atoms with Crippen LogP contribution in [0.3, 0.4) is 0 Å². The number of nitriles is 1. The fourth-order valence-electron chi connectivity index (χ4n) is 9.47. The summed E-state index contributed by atoms with van der Waals surface area (Å²) in [5.74, 6) is 0.506. The maximum absolute atomic E-state index is 10.9. The first kappa shape index (κ1) is 37.0. The van der Waals surface area contributed by atoms with Gasteiger partial charge in [-0.1, -0.05) is 194 Å². The molecule has 0 bridgehead atoms. The fraction of sp³-hybridized carbons (Fsp3) is 0. The van der Waals surface area contributed by atoms with Gasteiger partial charge in [0.05, 0.1) is 39.1 Å². The second-order valence-electron chi connectivity index (χ2n) is 15.9. The van der Waals surface area contributed by atoms with E-state index < -0.39 is 0 Å². The quantitative estimate of drug-likeness (QED) is 0.161. The summed E-state index contributed by atoms with van der Waals surface area (Å²) in [7, 11) is 0. The first-order chi connectivity index (χ1) is 31.7. The summed E-state index contributed by atoms with van der Waals surface area (Å²) in [6.07, 6.45) is 0. The third kappa shape index (κ3) is 5.93. The van der Waals surface area contributed by atoms with Crippen LogP contribution in [-0.4, -0.2) is 14.5 Å². The smallest absolute Gasteiger partial charge is 0.163 e. The van der Waals surface area contributed by atoms with Crippen LogP contribution in [0.4, 0.5) is 0 Å². The van der Waals surface area contributed by atoms with Gasteiger partial charge in [0, 0.05) is 38.4 Å². The molecule has 0 spiro atoms. The van der Waals surface area contributed by atoms with E-state index in [0.717, 1.165) is 99.5 Å². The Morgan fingerprint density at radius 2 is 0.906 bits per heavy atom. The Hall–Kier alpha value is -8.85. The zero-order chi connectivity index (χ0) is 42.6.